The van der Waals surface area contributed by atoms with E-state index in [1.54, 1.807) is 4.90 Å². The summed E-state index contributed by atoms with van der Waals surface area (Å²) in [4.78, 5) is 13.6. The third kappa shape index (κ3) is 3.35. The SMILES string of the molecule is O=C(C#Cc1ccccc1)N1CCCC(CO)C1. The molecule has 1 amide bonds. The van der Waals surface area contributed by atoms with Crippen molar-refractivity contribution in [3.63, 3.8) is 0 Å². The Bertz CT molecular complexity index is 458. The van der Waals surface area contributed by atoms with E-state index in [4.69, 9.17) is 5.11 Å². The number of aliphatic hydroxyl groups is 1. The molecule has 1 atom stereocenters. The molecular formula is C15H17NO2. The van der Waals surface area contributed by atoms with E-state index >= 15 is 0 Å². The zero-order valence-corrected chi connectivity index (χ0v) is 10.3. The summed E-state index contributed by atoms with van der Waals surface area (Å²) in [5, 5.41) is 9.12. The highest BCUT2D eigenvalue weighted by Crippen LogP contribution is 2.15. The van der Waals surface area contributed by atoms with Gasteiger partial charge in [0.2, 0.25) is 0 Å². The van der Waals surface area contributed by atoms with Crippen LogP contribution in [0.5, 0.6) is 0 Å². The first-order chi connectivity index (χ1) is 8.79. The lowest BCUT2D eigenvalue weighted by atomic mass is 9.99. The molecule has 1 unspecified atom stereocenters. The average molecular weight is 243 g/mol. The summed E-state index contributed by atoms with van der Waals surface area (Å²) < 4.78 is 0. The Labute approximate surface area is 107 Å². The Kier molecular flexibility index (Phi) is 4.38. The molecule has 1 aromatic rings. The van der Waals surface area contributed by atoms with Gasteiger partial charge in [0.25, 0.3) is 5.91 Å². The molecule has 0 spiro atoms. The van der Waals surface area contributed by atoms with Crippen molar-refractivity contribution < 1.29 is 9.90 Å². The summed E-state index contributed by atoms with van der Waals surface area (Å²) in [5.74, 6) is 5.61. The smallest absolute Gasteiger partial charge is 0.298 e. The lowest BCUT2D eigenvalue weighted by Gasteiger charge is -2.30. The molecule has 94 valence electrons. The summed E-state index contributed by atoms with van der Waals surface area (Å²) in [7, 11) is 0. The van der Waals surface area contributed by atoms with Crippen LogP contribution in [0.25, 0.3) is 0 Å². The van der Waals surface area contributed by atoms with Crippen LogP contribution in [0, 0.1) is 17.8 Å². The second-order valence-electron chi connectivity index (χ2n) is 4.56. The van der Waals surface area contributed by atoms with Crippen LogP contribution in [-0.4, -0.2) is 35.6 Å². The van der Waals surface area contributed by atoms with Crippen LogP contribution in [0.1, 0.15) is 18.4 Å². The van der Waals surface area contributed by atoms with Crippen molar-refractivity contribution in [3.8, 4) is 11.8 Å². The number of hydrogen-bond acceptors (Lipinski definition) is 2. The quantitative estimate of drug-likeness (QED) is 0.755. The average Bonchev–Trinajstić information content (AvgIpc) is 2.46. The monoisotopic (exact) mass is 243 g/mol. The van der Waals surface area contributed by atoms with Gasteiger partial charge in [0.1, 0.15) is 0 Å². The van der Waals surface area contributed by atoms with E-state index in [1.165, 1.54) is 0 Å². The van der Waals surface area contributed by atoms with Crippen molar-refractivity contribution >= 4 is 5.91 Å². The first kappa shape index (κ1) is 12.7. The van der Waals surface area contributed by atoms with E-state index in [0.29, 0.717) is 6.54 Å². The zero-order valence-electron chi connectivity index (χ0n) is 10.3. The zero-order chi connectivity index (χ0) is 12.8. The fourth-order valence-electron chi connectivity index (χ4n) is 2.12. The Hall–Kier alpha value is -1.79. The largest absolute Gasteiger partial charge is 0.396 e. The number of piperidine rings is 1. The van der Waals surface area contributed by atoms with E-state index in [2.05, 4.69) is 11.8 Å². The number of carbonyl (C=O) groups excluding carboxylic acids is 1. The van der Waals surface area contributed by atoms with Crippen LogP contribution < -0.4 is 0 Å². The number of rotatable bonds is 1. The first-order valence-electron chi connectivity index (χ1n) is 6.26. The topological polar surface area (TPSA) is 40.5 Å². The van der Waals surface area contributed by atoms with Crippen LogP contribution in [0.15, 0.2) is 30.3 Å². The third-order valence-electron chi connectivity index (χ3n) is 3.15. The van der Waals surface area contributed by atoms with Gasteiger partial charge in [-0.25, -0.2) is 0 Å². The number of aliphatic hydroxyl groups excluding tert-OH is 1. The van der Waals surface area contributed by atoms with Gasteiger partial charge in [0.15, 0.2) is 0 Å². The maximum Gasteiger partial charge on any atom is 0.298 e. The molecule has 3 heteroatoms. The molecule has 1 N–H and O–H groups in total. The number of hydrogen-bond donors (Lipinski definition) is 1. The Morgan fingerprint density at radius 3 is 2.89 bits per heavy atom. The predicted molar refractivity (Wildman–Crippen MR) is 69.7 cm³/mol. The third-order valence-corrected chi connectivity index (χ3v) is 3.15. The summed E-state index contributed by atoms with van der Waals surface area (Å²) >= 11 is 0. The molecule has 0 bridgehead atoms. The van der Waals surface area contributed by atoms with Crippen LogP contribution >= 0.6 is 0 Å². The van der Waals surface area contributed by atoms with Gasteiger partial charge in [-0.15, -0.1) is 0 Å². The molecule has 1 aromatic carbocycles. The molecule has 2 rings (SSSR count). The van der Waals surface area contributed by atoms with Gasteiger partial charge in [-0.2, -0.15) is 0 Å². The molecule has 1 aliphatic rings. The summed E-state index contributed by atoms with van der Waals surface area (Å²) in [6.45, 7) is 1.52. The Morgan fingerprint density at radius 2 is 2.17 bits per heavy atom. The molecule has 1 saturated heterocycles. The number of likely N-dealkylation sites (tertiary alicyclic amines) is 1. The molecule has 3 nitrogen and oxygen atoms in total. The highest BCUT2D eigenvalue weighted by Gasteiger charge is 2.21. The van der Waals surface area contributed by atoms with E-state index in [1.807, 2.05) is 30.3 Å². The lowest BCUT2D eigenvalue weighted by molar-refractivity contribution is -0.127. The van der Waals surface area contributed by atoms with Gasteiger partial charge in [-0.1, -0.05) is 24.1 Å². The number of amides is 1. The first-order valence-corrected chi connectivity index (χ1v) is 6.26. The Balaban J connectivity index is 1.98. The van der Waals surface area contributed by atoms with Gasteiger partial charge in [-0.3, -0.25) is 4.79 Å². The van der Waals surface area contributed by atoms with Gasteiger partial charge >= 0.3 is 0 Å². The predicted octanol–water partition coefficient (Wildman–Crippen LogP) is 1.27. The fourth-order valence-corrected chi connectivity index (χ4v) is 2.12. The van der Waals surface area contributed by atoms with Crippen molar-refractivity contribution in [1.82, 2.24) is 4.90 Å². The molecule has 1 fully saturated rings. The fraction of sp³-hybridized carbons (Fsp3) is 0.400. The van der Waals surface area contributed by atoms with Crippen LogP contribution in [0.4, 0.5) is 0 Å². The minimum atomic E-state index is -0.142. The standard InChI is InChI=1S/C15H17NO2/c17-12-14-7-4-10-16(11-14)15(18)9-8-13-5-2-1-3-6-13/h1-3,5-6,14,17H,4,7,10-12H2. The van der Waals surface area contributed by atoms with E-state index in [9.17, 15) is 4.79 Å². The molecule has 1 heterocycles. The van der Waals surface area contributed by atoms with Gasteiger partial charge in [0, 0.05) is 31.2 Å². The molecular weight excluding hydrogens is 226 g/mol. The highest BCUT2D eigenvalue weighted by atomic mass is 16.3. The van der Waals surface area contributed by atoms with Crippen molar-refractivity contribution in [2.75, 3.05) is 19.7 Å². The normalized spacial score (nSPS) is 18.9. The summed E-state index contributed by atoms with van der Waals surface area (Å²) in [6, 6.07) is 9.48. The molecule has 0 saturated carbocycles. The Morgan fingerprint density at radius 1 is 1.39 bits per heavy atom. The minimum absolute atomic E-state index is 0.142. The van der Waals surface area contributed by atoms with Crippen LogP contribution in [0.3, 0.4) is 0 Å². The maximum atomic E-state index is 11.9. The molecule has 0 aliphatic carbocycles. The van der Waals surface area contributed by atoms with E-state index < -0.39 is 0 Å². The minimum Gasteiger partial charge on any atom is -0.396 e. The molecule has 0 aromatic heterocycles. The van der Waals surface area contributed by atoms with Gasteiger partial charge in [0.05, 0.1) is 0 Å². The van der Waals surface area contributed by atoms with Gasteiger partial charge < -0.3 is 10.0 Å². The summed E-state index contributed by atoms with van der Waals surface area (Å²) in [5.41, 5.74) is 0.849. The van der Waals surface area contributed by atoms with Crippen LogP contribution in [-0.2, 0) is 4.79 Å². The highest BCUT2D eigenvalue weighted by molar-refractivity contribution is 5.94. The van der Waals surface area contributed by atoms with Crippen molar-refractivity contribution in [1.29, 1.82) is 0 Å². The molecule has 18 heavy (non-hydrogen) atoms. The second-order valence-corrected chi connectivity index (χ2v) is 4.56. The molecule has 1 aliphatic heterocycles. The van der Waals surface area contributed by atoms with E-state index in [0.717, 1.165) is 24.9 Å². The second kappa shape index (κ2) is 6.23. The maximum absolute atomic E-state index is 11.9. The van der Waals surface area contributed by atoms with Crippen molar-refractivity contribution in [2.24, 2.45) is 5.92 Å². The lowest BCUT2D eigenvalue weighted by Crippen LogP contribution is -2.40. The van der Waals surface area contributed by atoms with Crippen molar-refractivity contribution in [3.05, 3.63) is 35.9 Å². The number of carbonyl (C=O) groups is 1. The van der Waals surface area contributed by atoms with E-state index in [-0.39, 0.29) is 18.4 Å². The number of nitrogens with zero attached hydrogens (tertiary/aromatic N) is 1. The number of benzene rings is 1. The summed E-state index contributed by atoms with van der Waals surface area (Å²) in [6.07, 6.45) is 1.94. The van der Waals surface area contributed by atoms with Gasteiger partial charge in [-0.05, 0) is 30.9 Å². The van der Waals surface area contributed by atoms with Crippen LogP contribution in [0.2, 0.25) is 0 Å². The molecule has 0 radical (unpaired) electrons. The van der Waals surface area contributed by atoms with Crippen molar-refractivity contribution in [2.45, 2.75) is 12.8 Å².